The van der Waals surface area contributed by atoms with E-state index in [9.17, 15) is 13.2 Å². The van der Waals surface area contributed by atoms with Crippen molar-refractivity contribution in [3.05, 3.63) is 35.9 Å². The number of hydrogen-bond donors (Lipinski definition) is 1. The van der Waals surface area contributed by atoms with Gasteiger partial charge in [-0.3, -0.25) is 4.79 Å². The van der Waals surface area contributed by atoms with Crippen molar-refractivity contribution in [1.82, 2.24) is 5.32 Å². The highest BCUT2D eigenvalue weighted by atomic mass is 32.2. The van der Waals surface area contributed by atoms with Gasteiger partial charge in [-0.05, 0) is 30.2 Å². The van der Waals surface area contributed by atoms with Crippen LogP contribution in [0.25, 0.3) is 0 Å². The maximum Gasteiger partial charge on any atom is 0.224 e. The molecule has 1 amide bonds. The monoisotopic (exact) mass is 335 g/mol. The minimum atomic E-state index is -2.89. The number of ether oxygens (including phenoxy) is 1. The Hall–Kier alpha value is -1.40. The van der Waals surface area contributed by atoms with Crippen LogP contribution in [0.2, 0.25) is 0 Å². The topological polar surface area (TPSA) is 72.5 Å². The van der Waals surface area contributed by atoms with Crippen LogP contribution in [0.3, 0.4) is 0 Å². The van der Waals surface area contributed by atoms with Gasteiger partial charge in [0.25, 0.3) is 0 Å². The molecule has 1 spiro atoms. The van der Waals surface area contributed by atoms with Crippen molar-refractivity contribution in [2.24, 2.45) is 11.3 Å². The summed E-state index contributed by atoms with van der Waals surface area (Å²) in [6.07, 6.45) is 2.07. The lowest BCUT2D eigenvalue weighted by Crippen LogP contribution is -2.60. The second kappa shape index (κ2) is 5.05. The molecule has 0 radical (unpaired) electrons. The summed E-state index contributed by atoms with van der Waals surface area (Å²) in [6.45, 7) is 0.994. The Balaban J connectivity index is 1.45. The Kier molecular flexibility index (Phi) is 3.32. The van der Waals surface area contributed by atoms with Crippen LogP contribution in [-0.4, -0.2) is 39.0 Å². The Morgan fingerprint density at radius 1 is 1.13 bits per heavy atom. The average Bonchev–Trinajstić information content (AvgIpc) is 3.22. The van der Waals surface area contributed by atoms with Crippen LogP contribution in [0.15, 0.2) is 30.3 Å². The van der Waals surface area contributed by atoms with Gasteiger partial charge < -0.3 is 10.1 Å². The van der Waals surface area contributed by atoms with E-state index in [-0.39, 0.29) is 28.7 Å². The van der Waals surface area contributed by atoms with Crippen LogP contribution in [0, 0.1) is 11.3 Å². The summed E-state index contributed by atoms with van der Waals surface area (Å²) >= 11 is 0. The Morgan fingerprint density at radius 3 is 2.35 bits per heavy atom. The molecule has 1 unspecified atom stereocenters. The van der Waals surface area contributed by atoms with Gasteiger partial charge in [-0.15, -0.1) is 0 Å². The number of carbonyl (C=O) groups is 1. The summed E-state index contributed by atoms with van der Waals surface area (Å²) in [6, 6.07) is 9.91. The average molecular weight is 335 g/mol. The van der Waals surface area contributed by atoms with Crippen molar-refractivity contribution in [3.63, 3.8) is 0 Å². The number of benzene rings is 1. The molecule has 2 saturated heterocycles. The third-order valence-corrected chi connectivity index (χ3v) is 7.37. The third-order valence-electron chi connectivity index (χ3n) is 5.71. The van der Waals surface area contributed by atoms with Gasteiger partial charge in [-0.1, -0.05) is 30.3 Å². The van der Waals surface area contributed by atoms with Gasteiger partial charge in [0.1, 0.15) is 15.4 Å². The van der Waals surface area contributed by atoms with E-state index in [2.05, 4.69) is 5.32 Å². The molecular formula is C17H21NO4S. The second-order valence-corrected chi connectivity index (χ2v) is 9.50. The highest BCUT2D eigenvalue weighted by Gasteiger charge is 2.60. The lowest BCUT2D eigenvalue weighted by atomic mass is 9.87. The van der Waals surface area contributed by atoms with Crippen molar-refractivity contribution in [1.29, 1.82) is 0 Å². The van der Waals surface area contributed by atoms with Gasteiger partial charge in [0.15, 0.2) is 0 Å². The molecule has 4 rings (SSSR count). The Morgan fingerprint density at radius 2 is 1.78 bits per heavy atom. The summed E-state index contributed by atoms with van der Waals surface area (Å²) in [5.41, 5.74) is 0.585. The summed E-state index contributed by atoms with van der Waals surface area (Å²) in [4.78, 5) is 12.7. The van der Waals surface area contributed by atoms with Gasteiger partial charge in [0, 0.05) is 5.92 Å². The molecule has 1 aliphatic carbocycles. The van der Waals surface area contributed by atoms with Crippen molar-refractivity contribution in [2.45, 2.75) is 24.8 Å². The van der Waals surface area contributed by atoms with E-state index >= 15 is 0 Å². The molecule has 0 aromatic heterocycles. The first kappa shape index (κ1) is 15.1. The van der Waals surface area contributed by atoms with Gasteiger partial charge in [-0.2, -0.15) is 0 Å². The van der Waals surface area contributed by atoms with E-state index in [1.54, 1.807) is 0 Å². The number of hydrogen-bond acceptors (Lipinski definition) is 4. The van der Waals surface area contributed by atoms with Gasteiger partial charge in [-0.25, -0.2) is 8.42 Å². The minimum absolute atomic E-state index is 0.0424. The largest absolute Gasteiger partial charge is 0.376 e. The van der Waals surface area contributed by atoms with Crippen LogP contribution < -0.4 is 5.32 Å². The van der Waals surface area contributed by atoms with Crippen LogP contribution in [0.1, 0.15) is 24.8 Å². The molecule has 3 fully saturated rings. The number of amides is 1. The van der Waals surface area contributed by atoms with Gasteiger partial charge in [0.05, 0.1) is 24.7 Å². The molecule has 1 atom stereocenters. The molecule has 3 aliphatic rings. The predicted molar refractivity (Wildman–Crippen MR) is 85.5 cm³/mol. The molecule has 2 aliphatic heterocycles. The molecule has 1 N–H and O–H groups in total. The summed E-state index contributed by atoms with van der Waals surface area (Å²) in [7, 11) is -2.89. The predicted octanol–water partition coefficient (Wildman–Crippen LogP) is 1.24. The van der Waals surface area contributed by atoms with Crippen LogP contribution in [0.4, 0.5) is 0 Å². The molecule has 0 bridgehead atoms. The van der Waals surface area contributed by atoms with Crippen LogP contribution in [0.5, 0.6) is 0 Å². The van der Waals surface area contributed by atoms with E-state index in [4.69, 9.17) is 4.74 Å². The molecule has 1 saturated carbocycles. The first-order valence-electron chi connectivity index (χ1n) is 8.11. The number of nitrogens with one attached hydrogen (secondary N) is 1. The Bertz CT molecular complexity index is 710. The van der Waals surface area contributed by atoms with E-state index < -0.39 is 15.4 Å². The number of carbonyl (C=O) groups excluding carboxylic acids is 1. The minimum Gasteiger partial charge on any atom is -0.376 e. The molecule has 23 heavy (non-hydrogen) atoms. The van der Waals surface area contributed by atoms with Crippen LogP contribution in [-0.2, 0) is 24.9 Å². The quantitative estimate of drug-likeness (QED) is 0.902. The third kappa shape index (κ3) is 2.58. The van der Waals surface area contributed by atoms with Crippen molar-refractivity contribution in [2.75, 3.05) is 24.7 Å². The van der Waals surface area contributed by atoms with E-state index in [0.29, 0.717) is 26.1 Å². The lowest BCUT2D eigenvalue weighted by molar-refractivity contribution is -0.136. The first-order chi connectivity index (χ1) is 10.9. The highest BCUT2D eigenvalue weighted by molar-refractivity contribution is 7.91. The summed E-state index contributed by atoms with van der Waals surface area (Å²) < 4.78 is 28.6. The fourth-order valence-electron chi connectivity index (χ4n) is 3.91. The van der Waals surface area contributed by atoms with Crippen molar-refractivity contribution >= 4 is 15.7 Å². The summed E-state index contributed by atoms with van der Waals surface area (Å²) in [5, 5.41) is 3.19. The van der Waals surface area contributed by atoms with E-state index in [0.717, 1.165) is 12.0 Å². The molecular weight excluding hydrogens is 314 g/mol. The van der Waals surface area contributed by atoms with E-state index in [1.807, 2.05) is 30.3 Å². The second-order valence-electron chi connectivity index (χ2n) is 7.20. The first-order valence-corrected chi connectivity index (χ1v) is 9.93. The SMILES string of the molecule is O=C(NC1(c2ccccc2)COC1)C1CC12CCS(=O)(=O)CC2. The lowest BCUT2D eigenvalue weighted by Gasteiger charge is -2.42. The molecule has 124 valence electrons. The smallest absolute Gasteiger partial charge is 0.224 e. The van der Waals surface area contributed by atoms with Gasteiger partial charge in [0.2, 0.25) is 5.91 Å². The maximum atomic E-state index is 12.7. The standard InChI is InChI=1S/C17H21NO4S/c19-15(14-10-16(14)6-8-23(20,21)9-7-16)18-17(11-22-12-17)13-4-2-1-3-5-13/h1-5,14H,6-12H2,(H,18,19). The van der Waals surface area contributed by atoms with E-state index in [1.165, 1.54) is 0 Å². The van der Waals surface area contributed by atoms with Crippen LogP contribution >= 0.6 is 0 Å². The number of sulfone groups is 1. The van der Waals surface area contributed by atoms with Crippen molar-refractivity contribution in [3.8, 4) is 0 Å². The molecule has 5 nitrogen and oxygen atoms in total. The molecule has 6 heteroatoms. The summed E-state index contributed by atoms with van der Waals surface area (Å²) in [5.74, 6) is 0.462. The van der Waals surface area contributed by atoms with Crippen molar-refractivity contribution < 1.29 is 17.9 Å². The zero-order valence-electron chi connectivity index (χ0n) is 13.0. The fourth-order valence-corrected chi connectivity index (χ4v) is 5.55. The Labute approximate surface area is 136 Å². The van der Waals surface area contributed by atoms with Gasteiger partial charge >= 0.3 is 0 Å². The molecule has 2 heterocycles. The number of rotatable bonds is 3. The maximum absolute atomic E-state index is 12.7. The molecule has 1 aromatic rings. The molecule has 1 aromatic carbocycles. The zero-order valence-corrected chi connectivity index (χ0v) is 13.8. The highest BCUT2D eigenvalue weighted by Crippen LogP contribution is 2.60. The zero-order chi connectivity index (χ0) is 16.1. The fraction of sp³-hybridized carbons (Fsp3) is 0.588. The normalized spacial score (nSPS) is 29.5.